The van der Waals surface area contributed by atoms with Gasteiger partial charge in [-0.2, -0.15) is 0 Å². The Morgan fingerprint density at radius 3 is 2.29 bits per heavy atom. The maximum absolute atomic E-state index is 11.6. The Morgan fingerprint density at radius 1 is 1.24 bits per heavy atom. The van der Waals surface area contributed by atoms with Gasteiger partial charge in [-0.05, 0) is 27.7 Å². The number of ether oxygens (including phenoxy) is 2. The molecule has 0 bridgehead atoms. The zero-order valence-corrected chi connectivity index (χ0v) is 14.3. The fourth-order valence-electron chi connectivity index (χ4n) is 2.02. The second kappa shape index (κ2) is 9.46. The quantitative estimate of drug-likeness (QED) is 0.827. The fourth-order valence-corrected chi connectivity index (χ4v) is 2.02. The monoisotopic (exact) mass is 324 g/mol. The molecule has 0 radical (unpaired) electrons. The summed E-state index contributed by atoms with van der Waals surface area (Å²) >= 11 is 0. The molecule has 1 saturated heterocycles. The van der Waals surface area contributed by atoms with Crippen molar-refractivity contribution < 1.29 is 19.4 Å². The summed E-state index contributed by atoms with van der Waals surface area (Å²) in [6.07, 6.45) is -0.743. The van der Waals surface area contributed by atoms with Crippen LogP contribution in [-0.2, 0) is 9.47 Å². The lowest BCUT2D eigenvalue weighted by atomic mass is 10.2. The molecule has 1 atom stereocenters. The first-order valence-corrected chi connectivity index (χ1v) is 7.28. The van der Waals surface area contributed by atoms with Crippen molar-refractivity contribution in [3.8, 4) is 0 Å². The van der Waals surface area contributed by atoms with E-state index in [4.69, 9.17) is 9.47 Å². The Morgan fingerprint density at radius 2 is 1.81 bits per heavy atom. The SMILES string of the molecule is CCOC(=O)N1CCN(CC(O)COC(C)(C)C)CC1.Cl. The minimum Gasteiger partial charge on any atom is -0.450 e. The molecule has 0 spiro atoms. The minimum absolute atomic E-state index is 0. The van der Waals surface area contributed by atoms with E-state index >= 15 is 0 Å². The van der Waals surface area contributed by atoms with Gasteiger partial charge in [-0.25, -0.2) is 4.79 Å². The van der Waals surface area contributed by atoms with E-state index in [0.29, 0.717) is 32.8 Å². The number of amides is 1. The molecule has 1 unspecified atom stereocenters. The second-order valence-corrected chi connectivity index (χ2v) is 6.06. The Kier molecular flexibility index (Phi) is 9.20. The van der Waals surface area contributed by atoms with E-state index in [-0.39, 0.29) is 24.1 Å². The van der Waals surface area contributed by atoms with Crippen LogP contribution in [0.15, 0.2) is 0 Å². The van der Waals surface area contributed by atoms with Crippen LogP contribution >= 0.6 is 12.4 Å². The third-order valence-electron chi connectivity index (χ3n) is 3.08. The van der Waals surface area contributed by atoms with Gasteiger partial charge in [0.05, 0.1) is 24.9 Å². The number of rotatable bonds is 5. The van der Waals surface area contributed by atoms with Gasteiger partial charge in [0.2, 0.25) is 0 Å². The summed E-state index contributed by atoms with van der Waals surface area (Å²) in [7, 11) is 0. The van der Waals surface area contributed by atoms with E-state index in [9.17, 15) is 9.90 Å². The largest absolute Gasteiger partial charge is 0.450 e. The fraction of sp³-hybridized carbons (Fsp3) is 0.929. The van der Waals surface area contributed by atoms with Crippen molar-refractivity contribution in [2.75, 3.05) is 45.9 Å². The Balaban J connectivity index is 0.00000400. The number of hydrogen-bond acceptors (Lipinski definition) is 5. The molecular weight excluding hydrogens is 296 g/mol. The molecule has 6 nitrogen and oxygen atoms in total. The van der Waals surface area contributed by atoms with E-state index in [2.05, 4.69) is 4.90 Å². The van der Waals surface area contributed by atoms with Gasteiger partial charge in [-0.3, -0.25) is 4.90 Å². The van der Waals surface area contributed by atoms with Crippen molar-refractivity contribution in [1.82, 2.24) is 9.80 Å². The molecule has 1 rings (SSSR count). The first kappa shape index (κ1) is 20.4. The number of aliphatic hydroxyl groups excluding tert-OH is 1. The van der Waals surface area contributed by atoms with Gasteiger partial charge in [0.15, 0.2) is 0 Å². The molecular formula is C14H29ClN2O4. The Bertz CT molecular complexity index is 302. The van der Waals surface area contributed by atoms with E-state index in [0.717, 1.165) is 13.1 Å². The number of carbonyl (C=O) groups excluding carboxylic acids is 1. The zero-order chi connectivity index (χ0) is 15.2. The number of nitrogens with zero attached hydrogens (tertiary/aromatic N) is 2. The lowest BCUT2D eigenvalue weighted by Crippen LogP contribution is -2.51. The topological polar surface area (TPSA) is 62.2 Å². The molecule has 1 aliphatic heterocycles. The highest BCUT2D eigenvalue weighted by atomic mass is 35.5. The van der Waals surface area contributed by atoms with Crippen molar-refractivity contribution in [2.24, 2.45) is 0 Å². The van der Waals surface area contributed by atoms with Gasteiger partial charge >= 0.3 is 6.09 Å². The van der Waals surface area contributed by atoms with Crippen molar-refractivity contribution in [3.63, 3.8) is 0 Å². The highest BCUT2D eigenvalue weighted by molar-refractivity contribution is 5.85. The summed E-state index contributed by atoms with van der Waals surface area (Å²) in [4.78, 5) is 15.4. The second-order valence-electron chi connectivity index (χ2n) is 6.06. The van der Waals surface area contributed by atoms with Crippen LogP contribution in [0.3, 0.4) is 0 Å². The molecule has 0 saturated carbocycles. The molecule has 1 fully saturated rings. The third-order valence-corrected chi connectivity index (χ3v) is 3.08. The summed E-state index contributed by atoms with van der Waals surface area (Å²) in [5, 5.41) is 9.95. The van der Waals surface area contributed by atoms with Crippen LogP contribution in [0.25, 0.3) is 0 Å². The van der Waals surface area contributed by atoms with Gasteiger partial charge in [0.1, 0.15) is 0 Å². The maximum Gasteiger partial charge on any atom is 0.409 e. The van der Waals surface area contributed by atoms with Crippen molar-refractivity contribution in [2.45, 2.75) is 39.4 Å². The van der Waals surface area contributed by atoms with Crippen LogP contribution in [-0.4, -0.2) is 78.6 Å². The predicted octanol–water partition coefficient (Wildman–Crippen LogP) is 1.36. The standard InChI is InChI=1S/C14H28N2O4.ClH/c1-5-19-13(18)16-8-6-15(7-9-16)10-12(17)11-20-14(2,3)4;/h12,17H,5-11H2,1-4H3;1H. The number of carbonyl (C=O) groups is 1. The normalized spacial score (nSPS) is 18.0. The minimum atomic E-state index is -0.497. The average Bonchev–Trinajstić information content (AvgIpc) is 2.37. The highest BCUT2D eigenvalue weighted by Gasteiger charge is 2.23. The summed E-state index contributed by atoms with van der Waals surface area (Å²) in [6, 6.07) is 0. The van der Waals surface area contributed by atoms with Crippen LogP contribution in [0, 0.1) is 0 Å². The maximum atomic E-state index is 11.6. The average molecular weight is 325 g/mol. The molecule has 1 aliphatic rings. The van der Waals surface area contributed by atoms with Gasteiger partial charge < -0.3 is 19.5 Å². The first-order chi connectivity index (χ1) is 9.31. The van der Waals surface area contributed by atoms with Crippen molar-refractivity contribution in [1.29, 1.82) is 0 Å². The molecule has 1 N–H and O–H groups in total. The Hall–Kier alpha value is -0.560. The van der Waals surface area contributed by atoms with Gasteiger partial charge in [-0.1, -0.05) is 0 Å². The lowest BCUT2D eigenvalue weighted by Gasteiger charge is -2.35. The molecule has 126 valence electrons. The number of β-amino-alcohol motifs (C(OH)–C–C–N with tert-alkyl or cyclic N) is 1. The number of hydrogen-bond donors (Lipinski definition) is 1. The lowest BCUT2D eigenvalue weighted by molar-refractivity contribution is -0.0583. The van der Waals surface area contributed by atoms with Gasteiger partial charge in [0.25, 0.3) is 0 Å². The van der Waals surface area contributed by atoms with E-state index in [1.54, 1.807) is 11.8 Å². The Labute approximate surface area is 133 Å². The predicted molar refractivity (Wildman–Crippen MR) is 84.0 cm³/mol. The zero-order valence-electron chi connectivity index (χ0n) is 13.5. The van der Waals surface area contributed by atoms with E-state index in [1.807, 2.05) is 20.8 Å². The summed E-state index contributed by atoms with van der Waals surface area (Å²) < 4.78 is 10.5. The molecule has 1 amide bonds. The van der Waals surface area contributed by atoms with Crippen LogP contribution in [0.4, 0.5) is 4.79 Å². The molecule has 1 heterocycles. The number of aliphatic hydroxyl groups is 1. The van der Waals surface area contributed by atoms with Gasteiger partial charge in [0, 0.05) is 32.7 Å². The van der Waals surface area contributed by atoms with Crippen LogP contribution in [0.5, 0.6) is 0 Å². The highest BCUT2D eigenvalue weighted by Crippen LogP contribution is 2.09. The van der Waals surface area contributed by atoms with Crippen LogP contribution in [0.2, 0.25) is 0 Å². The van der Waals surface area contributed by atoms with E-state index in [1.165, 1.54) is 0 Å². The first-order valence-electron chi connectivity index (χ1n) is 7.28. The molecule has 0 aromatic carbocycles. The number of piperazine rings is 1. The van der Waals surface area contributed by atoms with Crippen molar-refractivity contribution in [3.05, 3.63) is 0 Å². The van der Waals surface area contributed by atoms with Crippen molar-refractivity contribution >= 4 is 18.5 Å². The summed E-state index contributed by atoms with van der Waals surface area (Å²) in [6.45, 7) is 11.8. The van der Waals surface area contributed by atoms with Gasteiger partial charge in [-0.15, -0.1) is 12.4 Å². The molecule has 0 aliphatic carbocycles. The molecule has 0 aromatic rings. The molecule has 0 aromatic heterocycles. The summed E-state index contributed by atoms with van der Waals surface area (Å²) in [5.74, 6) is 0. The molecule has 7 heteroatoms. The van der Waals surface area contributed by atoms with Crippen LogP contribution < -0.4 is 0 Å². The van der Waals surface area contributed by atoms with Crippen LogP contribution in [0.1, 0.15) is 27.7 Å². The number of halogens is 1. The van der Waals surface area contributed by atoms with E-state index < -0.39 is 6.10 Å². The third kappa shape index (κ3) is 8.46. The molecule has 21 heavy (non-hydrogen) atoms. The smallest absolute Gasteiger partial charge is 0.409 e. The summed E-state index contributed by atoms with van der Waals surface area (Å²) in [5.41, 5.74) is -0.233.